The summed E-state index contributed by atoms with van der Waals surface area (Å²) in [5.41, 5.74) is 4.17. The number of rotatable bonds is 11. The van der Waals surface area contributed by atoms with Crippen molar-refractivity contribution in [2.24, 2.45) is 5.73 Å². The Labute approximate surface area is 196 Å². The van der Waals surface area contributed by atoms with Crippen LogP contribution in [-0.4, -0.2) is 22.6 Å². The number of unbranched alkanes of at least 4 members (excludes halogenated alkanes) is 1. The maximum Gasteiger partial charge on any atom is 0.423 e. The standard InChI is InChI=1S/C25H30F3NO5/c1-4-5-6-19(30)18-11-12-20(21(22(18)31)25(26,27)28)33-15-17-9-7-16(8-10-17)13-14-24(2,3)34-23(29)32/h7-12,31H,4-6,13-15H2,1-3H3,(H2,29,32). The second-order valence-corrected chi connectivity index (χ2v) is 8.65. The summed E-state index contributed by atoms with van der Waals surface area (Å²) in [4.78, 5) is 23.1. The molecule has 3 N–H and O–H groups in total. The molecule has 0 spiro atoms. The van der Waals surface area contributed by atoms with Crippen LogP contribution in [0.3, 0.4) is 0 Å². The van der Waals surface area contributed by atoms with Crippen molar-refractivity contribution in [3.05, 3.63) is 58.7 Å². The molecule has 0 aliphatic heterocycles. The molecule has 186 valence electrons. The van der Waals surface area contributed by atoms with E-state index < -0.39 is 40.7 Å². The molecule has 0 radical (unpaired) electrons. The third kappa shape index (κ3) is 7.67. The van der Waals surface area contributed by atoms with Crippen LogP contribution in [0.5, 0.6) is 11.5 Å². The van der Waals surface area contributed by atoms with Crippen molar-refractivity contribution in [3.8, 4) is 11.5 Å². The number of phenolic OH excluding ortho intramolecular Hbond substituents is 1. The molecule has 0 saturated heterocycles. The van der Waals surface area contributed by atoms with E-state index >= 15 is 0 Å². The molecule has 0 fully saturated rings. The van der Waals surface area contributed by atoms with Gasteiger partial charge in [0.1, 0.15) is 29.3 Å². The number of nitrogens with two attached hydrogens (primary N) is 1. The summed E-state index contributed by atoms with van der Waals surface area (Å²) in [7, 11) is 0. The van der Waals surface area contributed by atoms with E-state index in [2.05, 4.69) is 0 Å². The lowest BCUT2D eigenvalue weighted by Crippen LogP contribution is -2.31. The zero-order chi connectivity index (χ0) is 25.5. The summed E-state index contributed by atoms with van der Waals surface area (Å²) in [6, 6.07) is 9.27. The van der Waals surface area contributed by atoms with Crippen LogP contribution in [0.15, 0.2) is 36.4 Å². The minimum absolute atomic E-state index is 0.0553. The van der Waals surface area contributed by atoms with Crippen molar-refractivity contribution >= 4 is 11.9 Å². The first-order valence-corrected chi connectivity index (χ1v) is 11.0. The van der Waals surface area contributed by atoms with Crippen molar-refractivity contribution in [1.82, 2.24) is 0 Å². The highest BCUT2D eigenvalue weighted by molar-refractivity contribution is 5.99. The van der Waals surface area contributed by atoms with E-state index in [0.717, 1.165) is 17.7 Å². The molecule has 0 saturated carbocycles. The summed E-state index contributed by atoms with van der Waals surface area (Å²) in [5.74, 6) is -2.20. The van der Waals surface area contributed by atoms with E-state index in [4.69, 9.17) is 15.2 Å². The third-order valence-corrected chi connectivity index (χ3v) is 5.29. The summed E-state index contributed by atoms with van der Waals surface area (Å²) < 4.78 is 51.4. The summed E-state index contributed by atoms with van der Waals surface area (Å²) in [6.45, 7) is 5.19. The molecule has 34 heavy (non-hydrogen) atoms. The van der Waals surface area contributed by atoms with Gasteiger partial charge < -0.3 is 20.3 Å². The van der Waals surface area contributed by atoms with Crippen molar-refractivity contribution in [3.63, 3.8) is 0 Å². The SMILES string of the molecule is CCCCC(=O)c1ccc(OCc2ccc(CCC(C)(C)OC(N)=O)cc2)c(C(F)(F)F)c1O. The maximum atomic E-state index is 13.7. The van der Waals surface area contributed by atoms with Crippen LogP contribution in [0.1, 0.15) is 73.5 Å². The highest BCUT2D eigenvalue weighted by Gasteiger charge is 2.39. The van der Waals surface area contributed by atoms with E-state index in [0.29, 0.717) is 31.2 Å². The Morgan fingerprint density at radius 1 is 1.03 bits per heavy atom. The molecule has 0 atom stereocenters. The average molecular weight is 482 g/mol. The molecule has 0 aromatic heterocycles. The van der Waals surface area contributed by atoms with Crippen LogP contribution in [-0.2, 0) is 23.9 Å². The monoisotopic (exact) mass is 481 g/mol. The lowest BCUT2D eigenvalue weighted by molar-refractivity contribution is -0.140. The van der Waals surface area contributed by atoms with Gasteiger partial charge in [-0.25, -0.2) is 4.79 Å². The predicted octanol–water partition coefficient (Wildman–Crippen LogP) is 6.17. The zero-order valence-corrected chi connectivity index (χ0v) is 19.5. The Hall–Kier alpha value is -3.23. The Kier molecular flexibility index (Phi) is 8.95. The van der Waals surface area contributed by atoms with Gasteiger partial charge in [0.05, 0.1) is 5.56 Å². The molecule has 0 aliphatic carbocycles. The molecule has 0 heterocycles. The normalized spacial score (nSPS) is 11.8. The minimum atomic E-state index is -4.90. The number of benzene rings is 2. The topological polar surface area (TPSA) is 98.9 Å². The van der Waals surface area contributed by atoms with E-state index in [9.17, 15) is 27.9 Å². The molecule has 2 aromatic carbocycles. The number of halogens is 3. The number of ether oxygens (including phenoxy) is 2. The quantitative estimate of drug-likeness (QED) is 0.374. The molecule has 0 bridgehead atoms. The molecule has 2 aromatic rings. The van der Waals surface area contributed by atoms with Gasteiger partial charge in [-0.2, -0.15) is 13.2 Å². The van der Waals surface area contributed by atoms with Gasteiger partial charge in [-0.1, -0.05) is 37.6 Å². The van der Waals surface area contributed by atoms with E-state index in [1.165, 1.54) is 0 Å². The summed E-state index contributed by atoms with van der Waals surface area (Å²) in [6.07, 6.45) is -3.34. The van der Waals surface area contributed by atoms with Crippen molar-refractivity contribution in [2.75, 3.05) is 0 Å². The minimum Gasteiger partial charge on any atom is -0.506 e. The molecule has 1 amide bonds. The van der Waals surface area contributed by atoms with Gasteiger partial charge in [0.2, 0.25) is 0 Å². The first-order chi connectivity index (χ1) is 15.8. The van der Waals surface area contributed by atoms with Crippen LogP contribution in [0, 0.1) is 0 Å². The number of amides is 1. The lowest BCUT2D eigenvalue weighted by atomic mass is 9.98. The van der Waals surface area contributed by atoms with Crippen molar-refractivity contribution in [2.45, 2.75) is 71.3 Å². The lowest BCUT2D eigenvalue weighted by Gasteiger charge is -2.23. The Balaban J connectivity index is 2.12. The van der Waals surface area contributed by atoms with Crippen LogP contribution in [0.2, 0.25) is 0 Å². The van der Waals surface area contributed by atoms with Gasteiger partial charge in [0.25, 0.3) is 0 Å². The van der Waals surface area contributed by atoms with Crippen molar-refractivity contribution < 1.29 is 37.3 Å². The fourth-order valence-corrected chi connectivity index (χ4v) is 3.40. The van der Waals surface area contributed by atoms with E-state index in [1.807, 2.05) is 6.92 Å². The van der Waals surface area contributed by atoms with Crippen LogP contribution >= 0.6 is 0 Å². The maximum absolute atomic E-state index is 13.7. The molecule has 6 nitrogen and oxygen atoms in total. The van der Waals surface area contributed by atoms with Crippen molar-refractivity contribution in [1.29, 1.82) is 0 Å². The number of aryl methyl sites for hydroxylation is 1. The Bertz CT molecular complexity index is 1000. The second-order valence-electron chi connectivity index (χ2n) is 8.65. The molecule has 9 heteroatoms. The number of primary amides is 1. The number of phenols is 1. The number of hydrogen-bond acceptors (Lipinski definition) is 5. The van der Waals surface area contributed by atoms with Crippen LogP contribution < -0.4 is 10.5 Å². The summed E-state index contributed by atoms with van der Waals surface area (Å²) >= 11 is 0. The van der Waals surface area contributed by atoms with Gasteiger partial charge in [-0.3, -0.25) is 4.79 Å². The first kappa shape index (κ1) is 27.0. The average Bonchev–Trinajstić information content (AvgIpc) is 2.73. The second kappa shape index (κ2) is 11.3. The van der Waals surface area contributed by atoms with Gasteiger partial charge in [0.15, 0.2) is 5.78 Å². The number of carbonyl (C=O) groups is 2. The number of hydrogen-bond donors (Lipinski definition) is 2. The summed E-state index contributed by atoms with van der Waals surface area (Å²) in [5, 5.41) is 10.2. The smallest absolute Gasteiger partial charge is 0.423 e. The molecule has 0 unspecified atom stereocenters. The third-order valence-electron chi connectivity index (χ3n) is 5.29. The van der Waals surface area contributed by atoms with Gasteiger partial charge >= 0.3 is 12.3 Å². The zero-order valence-electron chi connectivity index (χ0n) is 19.5. The number of aromatic hydroxyl groups is 1. The Morgan fingerprint density at radius 3 is 2.21 bits per heavy atom. The largest absolute Gasteiger partial charge is 0.506 e. The van der Waals surface area contributed by atoms with Crippen LogP contribution in [0.4, 0.5) is 18.0 Å². The van der Waals surface area contributed by atoms with E-state index in [-0.39, 0.29) is 18.6 Å². The van der Waals surface area contributed by atoms with E-state index in [1.54, 1.807) is 38.1 Å². The number of carbonyl (C=O) groups excluding carboxylic acids is 2. The van der Waals surface area contributed by atoms with Crippen LogP contribution in [0.25, 0.3) is 0 Å². The highest BCUT2D eigenvalue weighted by Crippen LogP contribution is 2.44. The number of Topliss-reactive ketones (excluding diaryl/α,β-unsaturated/α-hetero) is 1. The van der Waals surface area contributed by atoms with Gasteiger partial charge in [-0.05, 0) is 56.4 Å². The number of ketones is 1. The van der Waals surface area contributed by atoms with Gasteiger partial charge in [0, 0.05) is 6.42 Å². The molecule has 0 aliphatic rings. The first-order valence-electron chi connectivity index (χ1n) is 11.0. The molecular formula is C25H30F3NO5. The van der Waals surface area contributed by atoms with Gasteiger partial charge in [-0.15, -0.1) is 0 Å². The Morgan fingerprint density at radius 2 is 1.65 bits per heavy atom. The highest BCUT2D eigenvalue weighted by atomic mass is 19.4. The fourth-order valence-electron chi connectivity index (χ4n) is 3.40. The fraction of sp³-hybridized carbons (Fsp3) is 0.440. The number of alkyl halides is 3. The molecule has 2 rings (SSSR count). The predicted molar refractivity (Wildman–Crippen MR) is 121 cm³/mol. The molecular weight excluding hydrogens is 451 g/mol.